The molecule has 8 heteroatoms. The zero-order valence-corrected chi connectivity index (χ0v) is 15.9. The molecule has 0 spiro atoms. The molecule has 0 saturated carbocycles. The number of nitrogens with one attached hydrogen (secondary N) is 2. The Morgan fingerprint density at radius 2 is 1.92 bits per heavy atom. The quantitative estimate of drug-likeness (QED) is 0.665. The van der Waals surface area contributed by atoms with E-state index in [9.17, 15) is 4.79 Å². The Morgan fingerprint density at radius 3 is 2.54 bits per heavy atom. The van der Waals surface area contributed by atoms with Crippen LogP contribution in [0.25, 0.3) is 0 Å². The van der Waals surface area contributed by atoms with E-state index in [4.69, 9.17) is 0 Å². The SMILES string of the molecule is CCNCCNC(=O)CCN1CCN(c2ccccn2)CC1.Cl.Cl. The Labute approximate surface area is 157 Å². The summed E-state index contributed by atoms with van der Waals surface area (Å²) in [4.78, 5) is 20.8. The summed E-state index contributed by atoms with van der Waals surface area (Å²) in [6.45, 7) is 9.30. The molecule has 0 atom stereocenters. The van der Waals surface area contributed by atoms with Gasteiger partial charge in [0.05, 0.1) is 0 Å². The molecule has 2 heterocycles. The van der Waals surface area contributed by atoms with Gasteiger partial charge in [-0.25, -0.2) is 4.98 Å². The molecule has 1 fully saturated rings. The monoisotopic (exact) mass is 377 g/mol. The first-order valence-corrected chi connectivity index (χ1v) is 8.15. The third-order valence-corrected chi connectivity index (χ3v) is 3.87. The van der Waals surface area contributed by atoms with Crippen molar-refractivity contribution in [2.75, 3.05) is 57.3 Å². The van der Waals surface area contributed by atoms with Gasteiger partial charge in [0.25, 0.3) is 0 Å². The number of piperazine rings is 1. The van der Waals surface area contributed by atoms with E-state index < -0.39 is 0 Å². The van der Waals surface area contributed by atoms with Crippen molar-refractivity contribution in [2.24, 2.45) is 0 Å². The van der Waals surface area contributed by atoms with Gasteiger partial charge in [-0.15, -0.1) is 24.8 Å². The molecular formula is C16H29Cl2N5O. The van der Waals surface area contributed by atoms with Crippen LogP contribution in [0.2, 0.25) is 0 Å². The van der Waals surface area contributed by atoms with E-state index in [1.54, 1.807) is 0 Å². The molecule has 2 N–H and O–H groups in total. The van der Waals surface area contributed by atoms with Crippen LogP contribution >= 0.6 is 24.8 Å². The molecular weight excluding hydrogens is 349 g/mol. The van der Waals surface area contributed by atoms with E-state index >= 15 is 0 Å². The second-order valence-corrected chi connectivity index (χ2v) is 5.47. The van der Waals surface area contributed by atoms with Gasteiger partial charge >= 0.3 is 0 Å². The van der Waals surface area contributed by atoms with Gasteiger partial charge < -0.3 is 15.5 Å². The van der Waals surface area contributed by atoms with E-state index in [1.807, 2.05) is 24.4 Å². The van der Waals surface area contributed by atoms with Crippen molar-refractivity contribution < 1.29 is 4.79 Å². The standard InChI is InChI=1S/C16H27N5O.2ClH/c1-2-17-8-9-19-16(22)6-10-20-11-13-21(14-12-20)15-5-3-4-7-18-15;;/h3-5,7,17H,2,6,8-14H2,1H3,(H,19,22);2*1H. The molecule has 1 aromatic heterocycles. The number of likely N-dealkylation sites (N-methyl/N-ethyl adjacent to an activating group) is 1. The fourth-order valence-electron chi connectivity index (χ4n) is 2.56. The van der Waals surface area contributed by atoms with Gasteiger partial charge in [-0.2, -0.15) is 0 Å². The zero-order valence-electron chi connectivity index (χ0n) is 14.2. The van der Waals surface area contributed by atoms with Crippen LogP contribution < -0.4 is 15.5 Å². The van der Waals surface area contributed by atoms with Gasteiger partial charge in [0.15, 0.2) is 0 Å². The molecule has 0 unspecified atom stereocenters. The number of halogens is 2. The van der Waals surface area contributed by atoms with Crippen molar-refractivity contribution in [3.63, 3.8) is 0 Å². The summed E-state index contributed by atoms with van der Waals surface area (Å²) in [6.07, 6.45) is 2.41. The maximum Gasteiger partial charge on any atom is 0.221 e. The molecule has 1 aliphatic heterocycles. The van der Waals surface area contributed by atoms with Gasteiger partial charge in [-0.3, -0.25) is 9.69 Å². The van der Waals surface area contributed by atoms with E-state index in [-0.39, 0.29) is 30.7 Å². The lowest BCUT2D eigenvalue weighted by atomic mass is 10.2. The first-order valence-electron chi connectivity index (χ1n) is 8.15. The molecule has 6 nitrogen and oxygen atoms in total. The minimum Gasteiger partial charge on any atom is -0.355 e. The third-order valence-electron chi connectivity index (χ3n) is 3.87. The number of amides is 1. The zero-order chi connectivity index (χ0) is 15.6. The van der Waals surface area contributed by atoms with Gasteiger partial charge in [-0.05, 0) is 18.7 Å². The summed E-state index contributed by atoms with van der Waals surface area (Å²) in [5.41, 5.74) is 0. The number of hydrogen-bond donors (Lipinski definition) is 2. The molecule has 24 heavy (non-hydrogen) atoms. The van der Waals surface area contributed by atoms with E-state index in [0.29, 0.717) is 13.0 Å². The summed E-state index contributed by atoms with van der Waals surface area (Å²) in [7, 11) is 0. The molecule has 2 rings (SSSR count). The summed E-state index contributed by atoms with van der Waals surface area (Å²) in [5, 5.41) is 6.14. The molecule has 138 valence electrons. The maximum atomic E-state index is 11.7. The molecule has 1 aliphatic rings. The summed E-state index contributed by atoms with van der Waals surface area (Å²) < 4.78 is 0. The van der Waals surface area contributed by atoms with Crippen LogP contribution in [0, 0.1) is 0 Å². The average molecular weight is 378 g/mol. The fourth-order valence-corrected chi connectivity index (χ4v) is 2.56. The fraction of sp³-hybridized carbons (Fsp3) is 0.625. The first kappa shape index (κ1) is 22.9. The average Bonchev–Trinajstić information content (AvgIpc) is 2.58. The lowest BCUT2D eigenvalue weighted by Gasteiger charge is -2.35. The Bertz CT molecular complexity index is 441. The topological polar surface area (TPSA) is 60.5 Å². The lowest BCUT2D eigenvalue weighted by Crippen LogP contribution is -2.47. The van der Waals surface area contributed by atoms with E-state index in [0.717, 1.165) is 51.6 Å². The largest absolute Gasteiger partial charge is 0.355 e. The van der Waals surface area contributed by atoms with Crippen LogP contribution in [-0.2, 0) is 4.79 Å². The summed E-state index contributed by atoms with van der Waals surface area (Å²) in [6, 6.07) is 6.01. The number of rotatable bonds is 8. The van der Waals surface area contributed by atoms with Crippen molar-refractivity contribution in [2.45, 2.75) is 13.3 Å². The minimum atomic E-state index is 0. The van der Waals surface area contributed by atoms with Crippen LogP contribution in [0.1, 0.15) is 13.3 Å². The Balaban J connectivity index is 0.00000264. The van der Waals surface area contributed by atoms with Crippen molar-refractivity contribution >= 4 is 36.5 Å². The highest BCUT2D eigenvalue weighted by molar-refractivity contribution is 5.85. The number of aromatic nitrogens is 1. The normalized spacial score (nSPS) is 14.5. The summed E-state index contributed by atoms with van der Waals surface area (Å²) >= 11 is 0. The van der Waals surface area contributed by atoms with Crippen molar-refractivity contribution in [3.8, 4) is 0 Å². The van der Waals surface area contributed by atoms with Crippen LogP contribution in [0.5, 0.6) is 0 Å². The second kappa shape index (κ2) is 13.2. The lowest BCUT2D eigenvalue weighted by molar-refractivity contribution is -0.121. The number of carbonyl (C=O) groups is 1. The highest BCUT2D eigenvalue weighted by Crippen LogP contribution is 2.12. The number of hydrogen-bond acceptors (Lipinski definition) is 5. The van der Waals surface area contributed by atoms with Crippen LogP contribution in [0.3, 0.4) is 0 Å². The van der Waals surface area contributed by atoms with Crippen LogP contribution in [-0.4, -0.2) is 68.1 Å². The first-order chi connectivity index (χ1) is 10.8. The van der Waals surface area contributed by atoms with Gasteiger partial charge in [0.1, 0.15) is 5.82 Å². The Morgan fingerprint density at radius 1 is 1.17 bits per heavy atom. The number of anilines is 1. The van der Waals surface area contributed by atoms with Crippen LogP contribution in [0.15, 0.2) is 24.4 Å². The molecule has 0 aliphatic carbocycles. The van der Waals surface area contributed by atoms with Crippen LogP contribution in [0.4, 0.5) is 5.82 Å². The van der Waals surface area contributed by atoms with Crippen molar-refractivity contribution in [1.29, 1.82) is 0 Å². The molecule has 1 aromatic rings. The summed E-state index contributed by atoms with van der Waals surface area (Å²) in [5.74, 6) is 1.19. The predicted octanol–water partition coefficient (Wildman–Crippen LogP) is 1.16. The molecule has 1 amide bonds. The number of pyridine rings is 1. The molecule has 0 aromatic carbocycles. The minimum absolute atomic E-state index is 0. The Kier molecular flexibility index (Phi) is 12.6. The number of nitrogens with zero attached hydrogens (tertiary/aromatic N) is 3. The van der Waals surface area contributed by atoms with Crippen molar-refractivity contribution in [3.05, 3.63) is 24.4 Å². The van der Waals surface area contributed by atoms with Gasteiger partial charge in [0, 0.05) is 58.4 Å². The Hall–Kier alpha value is -1.08. The predicted molar refractivity (Wildman–Crippen MR) is 104 cm³/mol. The third kappa shape index (κ3) is 8.15. The highest BCUT2D eigenvalue weighted by atomic mass is 35.5. The van der Waals surface area contributed by atoms with Crippen molar-refractivity contribution in [1.82, 2.24) is 20.5 Å². The molecule has 0 radical (unpaired) electrons. The second-order valence-electron chi connectivity index (χ2n) is 5.47. The maximum absolute atomic E-state index is 11.7. The van der Waals surface area contributed by atoms with E-state index in [1.165, 1.54) is 0 Å². The number of carbonyl (C=O) groups excluding carboxylic acids is 1. The highest BCUT2D eigenvalue weighted by Gasteiger charge is 2.18. The van der Waals surface area contributed by atoms with Gasteiger partial charge in [0.2, 0.25) is 5.91 Å². The van der Waals surface area contributed by atoms with Gasteiger partial charge in [-0.1, -0.05) is 13.0 Å². The molecule has 0 bridgehead atoms. The molecule has 1 saturated heterocycles. The van der Waals surface area contributed by atoms with E-state index in [2.05, 4.69) is 32.3 Å². The smallest absolute Gasteiger partial charge is 0.221 e.